The number of sulfonamides is 1. The first-order valence-corrected chi connectivity index (χ1v) is 11.7. The van der Waals surface area contributed by atoms with Crippen LogP contribution in [0.2, 0.25) is 0 Å². The third-order valence-corrected chi connectivity index (χ3v) is 7.76. The SMILES string of the molecule is CCNC(=NCc1ccc(F)cc1)NCc1ccc(S(=O)(=O)N2CCOCC2)s1. The van der Waals surface area contributed by atoms with Gasteiger partial charge in [-0.15, -0.1) is 11.3 Å². The molecular formula is C19H25FN4O3S2. The van der Waals surface area contributed by atoms with Crippen molar-refractivity contribution in [3.05, 3.63) is 52.7 Å². The molecule has 0 saturated carbocycles. The average Bonchev–Trinajstić information content (AvgIpc) is 3.22. The van der Waals surface area contributed by atoms with E-state index in [0.29, 0.717) is 56.1 Å². The number of aliphatic imine (C=N–C) groups is 1. The molecule has 0 amide bonds. The van der Waals surface area contributed by atoms with Crippen molar-refractivity contribution in [3.8, 4) is 0 Å². The Balaban J connectivity index is 1.61. The van der Waals surface area contributed by atoms with Crippen molar-refractivity contribution >= 4 is 27.3 Å². The molecule has 3 rings (SSSR count). The van der Waals surface area contributed by atoms with Gasteiger partial charge in [0, 0.05) is 24.5 Å². The lowest BCUT2D eigenvalue weighted by atomic mass is 10.2. The number of nitrogens with zero attached hydrogens (tertiary/aromatic N) is 2. The standard InChI is InChI=1S/C19H25FN4O3S2/c1-2-21-19(22-13-15-3-5-16(20)6-4-15)23-14-17-7-8-18(28-17)29(25,26)24-9-11-27-12-10-24/h3-8H,2,9-14H2,1H3,(H2,21,22,23). The molecule has 158 valence electrons. The highest BCUT2D eigenvalue weighted by Crippen LogP contribution is 2.25. The molecule has 1 aromatic heterocycles. The Kier molecular flexibility index (Phi) is 7.59. The summed E-state index contributed by atoms with van der Waals surface area (Å²) in [5.41, 5.74) is 0.901. The number of morpholine rings is 1. The first-order chi connectivity index (χ1) is 14.0. The van der Waals surface area contributed by atoms with Crippen LogP contribution in [-0.2, 0) is 27.8 Å². The minimum absolute atomic E-state index is 0.275. The molecule has 0 spiro atoms. The molecule has 1 aliphatic heterocycles. The van der Waals surface area contributed by atoms with Gasteiger partial charge in [0.1, 0.15) is 10.0 Å². The van der Waals surface area contributed by atoms with Crippen LogP contribution in [0.1, 0.15) is 17.4 Å². The van der Waals surface area contributed by atoms with Crippen molar-refractivity contribution in [1.29, 1.82) is 0 Å². The van der Waals surface area contributed by atoms with Gasteiger partial charge in [-0.3, -0.25) is 0 Å². The van der Waals surface area contributed by atoms with E-state index in [9.17, 15) is 12.8 Å². The molecule has 0 atom stereocenters. The summed E-state index contributed by atoms with van der Waals surface area (Å²) in [4.78, 5) is 5.39. The number of thiophene rings is 1. The number of hydrogen-bond donors (Lipinski definition) is 2. The molecule has 1 aromatic carbocycles. The van der Waals surface area contributed by atoms with E-state index in [0.717, 1.165) is 10.4 Å². The number of rotatable bonds is 7. The topological polar surface area (TPSA) is 83.0 Å². The van der Waals surface area contributed by atoms with Gasteiger partial charge < -0.3 is 15.4 Å². The summed E-state index contributed by atoms with van der Waals surface area (Å²) in [5, 5.41) is 6.36. The van der Waals surface area contributed by atoms with Crippen molar-refractivity contribution < 1.29 is 17.5 Å². The van der Waals surface area contributed by atoms with Gasteiger partial charge in [-0.05, 0) is 36.8 Å². The van der Waals surface area contributed by atoms with Crippen molar-refractivity contribution in [2.45, 2.75) is 24.2 Å². The number of hydrogen-bond acceptors (Lipinski definition) is 5. The smallest absolute Gasteiger partial charge is 0.252 e. The first-order valence-electron chi connectivity index (χ1n) is 9.42. The Hall–Kier alpha value is -2.01. The number of halogens is 1. The highest BCUT2D eigenvalue weighted by atomic mass is 32.2. The summed E-state index contributed by atoms with van der Waals surface area (Å²) in [6.45, 7) is 5.15. The third-order valence-electron chi connectivity index (χ3n) is 4.31. The van der Waals surface area contributed by atoms with Crippen LogP contribution in [0.25, 0.3) is 0 Å². The van der Waals surface area contributed by atoms with Gasteiger partial charge in [0.05, 0.1) is 26.3 Å². The van der Waals surface area contributed by atoms with Crippen LogP contribution in [0.4, 0.5) is 4.39 Å². The Morgan fingerprint density at radius 3 is 2.59 bits per heavy atom. The van der Waals surface area contributed by atoms with Gasteiger partial charge in [-0.1, -0.05) is 12.1 Å². The molecule has 1 aliphatic rings. The molecule has 7 nitrogen and oxygen atoms in total. The van der Waals surface area contributed by atoms with E-state index in [2.05, 4.69) is 15.6 Å². The van der Waals surface area contributed by atoms with Gasteiger partial charge in [0.15, 0.2) is 5.96 Å². The van der Waals surface area contributed by atoms with Crippen LogP contribution >= 0.6 is 11.3 Å². The van der Waals surface area contributed by atoms with Crippen LogP contribution in [-0.4, -0.2) is 51.5 Å². The van der Waals surface area contributed by atoms with Gasteiger partial charge in [0.25, 0.3) is 10.0 Å². The minimum Gasteiger partial charge on any atom is -0.379 e. The first kappa shape index (κ1) is 21.7. The van der Waals surface area contributed by atoms with E-state index in [4.69, 9.17) is 4.74 Å². The molecule has 0 bridgehead atoms. The number of benzene rings is 1. The van der Waals surface area contributed by atoms with E-state index >= 15 is 0 Å². The highest BCUT2D eigenvalue weighted by molar-refractivity contribution is 7.91. The van der Waals surface area contributed by atoms with Gasteiger partial charge >= 0.3 is 0 Å². The molecular weight excluding hydrogens is 415 g/mol. The summed E-state index contributed by atoms with van der Waals surface area (Å²) in [5.74, 6) is 0.339. The fourth-order valence-electron chi connectivity index (χ4n) is 2.78. The fraction of sp³-hybridized carbons (Fsp3) is 0.421. The second-order valence-electron chi connectivity index (χ2n) is 6.41. The molecule has 2 heterocycles. The third kappa shape index (κ3) is 5.99. The van der Waals surface area contributed by atoms with E-state index in [-0.39, 0.29) is 5.82 Å². The molecule has 10 heteroatoms. The van der Waals surface area contributed by atoms with Crippen LogP contribution < -0.4 is 10.6 Å². The lowest BCUT2D eigenvalue weighted by Gasteiger charge is -2.25. The van der Waals surface area contributed by atoms with E-state index in [1.54, 1.807) is 18.2 Å². The molecule has 1 saturated heterocycles. The van der Waals surface area contributed by atoms with E-state index in [1.807, 2.05) is 13.0 Å². The van der Waals surface area contributed by atoms with Crippen molar-refractivity contribution in [3.63, 3.8) is 0 Å². The Labute approximate surface area is 174 Å². The van der Waals surface area contributed by atoms with Gasteiger partial charge in [0.2, 0.25) is 0 Å². The van der Waals surface area contributed by atoms with Crippen LogP contribution in [0.15, 0.2) is 45.6 Å². The summed E-state index contributed by atoms with van der Waals surface area (Å²) in [6, 6.07) is 9.68. The quantitative estimate of drug-likeness (QED) is 0.509. The van der Waals surface area contributed by atoms with Crippen molar-refractivity contribution in [2.75, 3.05) is 32.8 Å². The summed E-state index contributed by atoms with van der Waals surface area (Å²) in [6.07, 6.45) is 0. The Morgan fingerprint density at radius 1 is 1.17 bits per heavy atom. The highest BCUT2D eigenvalue weighted by Gasteiger charge is 2.27. The second kappa shape index (κ2) is 10.1. The minimum atomic E-state index is -3.47. The maximum Gasteiger partial charge on any atom is 0.252 e. The summed E-state index contributed by atoms with van der Waals surface area (Å²) >= 11 is 1.25. The number of guanidine groups is 1. The monoisotopic (exact) mass is 440 g/mol. The zero-order valence-electron chi connectivity index (χ0n) is 16.2. The molecule has 2 aromatic rings. The van der Waals surface area contributed by atoms with Crippen LogP contribution in [0.5, 0.6) is 0 Å². The predicted molar refractivity (Wildman–Crippen MR) is 112 cm³/mol. The van der Waals surface area contributed by atoms with Gasteiger partial charge in [-0.2, -0.15) is 4.31 Å². The Morgan fingerprint density at radius 2 is 1.90 bits per heavy atom. The molecule has 1 fully saturated rings. The second-order valence-corrected chi connectivity index (χ2v) is 9.75. The molecule has 0 radical (unpaired) electrons. The maximum absolute atomic E-state index is 13.0. The lowest BCUT2D eigenvalue weighted by Crippen LogP contribution is -2.40. The molecule has 0 unspecified atom stereocenters. The Bertz CT molecular complexity index is 923. The lowest BCUT2D eigenvalue weighted by molar-refractivity contribution is 0.0731. The summed E-state index contributed by atoms with van der Waals surface area (Å²) in [7, 11) is -3.47. The predicted octanol–water partition coefficient (Wildman–Crippen LogP) is 2.16. The van der Waals surface area contributed by atoms with Crippen LogP contribution in [0, 0.1) is 5.82 Å². The van der Waals surface area contributed by atoms with E-state index < -0.39 is 10.0 Å². The molecule has 2 N–H and O–H groups in total. The summed E-state index contributed by atoms with van der Waals surface area (Å²) < 4.78 is 45.5. The van der Waals surface area contributed by atoms with E-state index in [1.165, 1.54) is 27.8 Å². The zero-order chi connectivity index (χ0) is 20.7. The normalized spacial score (nSPS) is 16.0. The maximum atomic E-state index is 13.0. The largest absolute Gasteiger partial charge is 0.379 e. The van der Waals surface area contributed by atoms with Crippen molar-refractivity contribution in [2.24, 2.45) is 4.99 Å². The average molecular weight is 441 g/mol. The molecule has 0 aliphatic carbocycles. The van der Waals surface area contributed by atoms with Crippen molar-refractivity contribution in [1.82, 2.24) is 14.9 Å². The zero-order valence-corrected chi connectivity index (χ0v) is 17.9. The number of ether oxygens (including phenoxy) is 1. The van der Waals surface area contributed by atoms with Crippen LogP contribution in [0.3, 0.4) is 0 Å². The molecule has 29 heavy (non-hydrogen) atoms. The fourth-order valence-corrected chi connectivity index (χ4v) is 5.64. The van der Waals surface area contributed by atoms with Gasteiger partial charge in [-0.25, -0.2) is 17.8 Å². The number of nitrogens with one attached hydrogen (secondary N) is 2.